The number of carbonyl (C=O) groups excluding carboxylic acids is 3. The van der Waals surface area contributed by atoms with Crippen LogP contribution in [-0.4, -0.2) is 58.0 Å². The Bertz CT molecular complexity index is 962. The smallest absolute Gasteiger partial charge is 0.306 e. The van der Waals surface area contributed by atoms with Crippen LogP contribution in [0.3, 0.4) is 0 Å². The molecule has 2 heterocycles. The molecule has 2 unspecified atom stereocenters. The molecule has 0 spiro atoms. The van der Waals surface area contributed by atoms with E-state index >= 15 is 0 Å². The van der Waals surface area contributed by atoms with Crippen molar-refractivity contribution in [1.82, 2.24) is 20.4 Å². The number of aliphatic hydroxyl groups is 1. The number of ether oxygens (including phenoxy) is 1. The first-order valence-corrected chi connectivity index (χ1v) is 10.5. The Labute approximate surface area is 181 Å². The van der Waals surface area contributed by atoms with Gasteiger partial charge < -0.3 is 20.5 Å². The molecule has 2 aromatic rings. The number of esters is 1. The summed E-state index contributed by atoms with van der Waals surface area (Å²) < 4.78 is 6.98. The molecule has 1 aliphatic rings. The summed E-state index contributed by atoms with van der Waals surface area (Å²) in [6.07, 6.45) is 1.17. The maximum absolute atomic E-state index is 13.2. The van der Waals surface area contributed by atoms with E-state index in [2.05, 4.69) is 15.7 Å². The van der Waals surface area contributed by atoms with Crippen LogP contribution in [0.5, 0.6) is 0 Å². The first kappa shape index (κ1) is 22.7. The summed E-state index contributed by atoms with van der Waals surface area (Å²) in [6.45, 7) is 6.28. The minimum absolute atomic E-state index is 0.0213. The van der Waals surface area contributed by atoms with E-state index in [-0.39, 0.29) is 30.3 Å². The van der Waals surface area contributed by atoms with Crippen molar-refractivity contribution < 1.29 is 24.2 Å². The molecule has 3 N–H and O–H groups in total. The van der Waals surface area contributed by atoms with Gasteiger partial charge in [-0.3, -0.25) is 19.1 Å². The molecule has 0 bridgehead atoms. The van der Waals surface area contributed by atoms with Crippen LogP contribution < -0.4 is 10.6 Å². The summed E-state index contributed by atoms with van der Waals surface area (Å²) in [5.41, 5.74) is 0.447. The number of para-hydroxylation sites is 1. The molecule has 168 valence electrons. The highest BCUT2D eigenvalue weighted by Gasteiger charge is 2.34. The highest BCUT2D eigenvalue weighted by Crippen LogP contribution is 2.24. The van der Waals surface area contributed by atoms with Crippen molar-refractivity contribution in [3.8, 4) is 0 Å². The molecular formula is C22H30N4O5. The molecule has 2 atom stereocenters. The van der Waals surface area contributed by atoms with E-state index in [1.54, 1.807) is 4.68 Å². The summed E-state index contributed by atoms with van der Waals surface area (Å²) in [7, 11) is 0. The Morgan fingerprint density at radius 2 is 2.06 bits per heavy atom. The van der Waals surface area contributed by atoms with E-state index < -0.39 is 17.4 Å². The minimum atomic E-state index is -0.779. The van der Waals surface area contributed by atoms with Gasteiger partial charge in [-0.2, -0.15) is 5.10 Å². The fourth-order valence-electron chi connectivity index (χ4n) is 3.61. The van der Waals surface area contributed by atoms with Crippen molar-refractivity contribution in [2.24, 2.45) is 5.41 Å². The van der Waals surface area contributed by atoms with Crippen LogP contribution in [0, 0.1) is 5.41 Å². The van der Waals surface area contributed by atoms with Crippen molar-refractivity contribution in [1.29, 1.82) is 0 Å². The largest absolute Gasteiger partial charge is 0.460 e. The van der Waals surface area contributed by atoms with Crippen LogP contribution in [0.25, 0.3) is 10.9 Å². The van der Waals surface area contributed by atoms with Gasteiger partial charge in [0.05, 0.1) is 12.1 Å². The SMILES string of the molecule is CC(C)(C)C(NC(=O)c1nn(CC2CCC(=O)O2)c2ccccc12)C(=O)NCCCO. The van der Waals surface area contributed by atoms with Crippen molar-refractivity contribution in [2.45, 2.75) is 58.7 Å². The summed E-state index contributed by atoms with van der Waals surface area (Å²) in [4.78, 5) is 37.3. The van der Waals surface area contributed by atoms with Crippen molar-refractivity contribution >= 4 is 28.7 Å². The van der Waals surface area contributed by atoms with Crippen molar-refractivity contribution in [3.63, 3.8) is 0 Å². The number of aromatic nitrogens is 2. The summed E-state index contributed by atoms with van der Waals surface area (Å²) in [5, 5.41) is 19.7. The normalized spacial score (nSPS) is 17.4. The second-order valence-electron chi connectivity index (χ2n) is 8.84. The van der Waals surface area contributed by atoms with Crippen molar-refractivity contribution in [2.75, 3.05) is 13.2 Å². The molecule has 1 fully saturated rings. The average Bonchev–Trinajstić information content (AvgIpc) is 3.29. The molecule has 0 radical (unpaired) electrons. The van der Waals surface area contributed by atoms with Gasteiger partial charge in [-0.1, -0.05) is 39.0 Å². The predicted molar refractivity (Wildman–Crippen MR) is 114 cm³/mol. The van der Waals surface area contributed by atoms with Crippen LogP contribution in [0.2, 0.25) is 0 Å². The van der Waals surface area contributed by atoms with Crippen LogP contribution in [-0.2, 0) is 20.9 Å². The number of cyclic esters (lactones) is 1. The van der Waals surface area contributed by atoms with Gasteiger partial charge in [0, 0.05) is 25.0 Å². The van der Waals surface area contributed by atoms with E-state index in [1.807, 2.05) is 45.0 Å². The minimum Gasteiger partial charge on any atom is -0.460 e. The zero-order chi connectivity index (χ0) is 22.6. The van der Waals surface area contributed by atoms with Crippen LogP contribution in [0.4, 0.5) is 0 Å². The lowest BCUT2D eigenvalue weighted by Crippen LogP contribution is -2.53. The molecule has 1 aliphatic heterocycles. The lowest BCUT2D eigenvalue weighted by Gasteiger charge is -2.30. The Balaban J connectivity index is 1.83. The summed E-state index contributed by atoms with van der Waals surface area (Å²) in [5.74, 6) is -0.980. The molecule has 0 aliphatic carbocycles. The number of fused-ring (bicyclic) bond motifs is 1. The Morgan fingerprint density at radius 1 is 1.32 bits per heavy atom. The zero-order valence-corrected chi connectivity index (χ0v) is 18.2. The Kier molecular flexibility index (Phi) is 6.94. The Hall–Kier alpha value is -2.94. The number of rotatable bonds is 8. The van der Waals surface area contributed by atoms with Gasteiger partial charge in [0.25, 0.3) is 5.91 Å². The number of amides is 2. The van der Waals surface area contributed by atoms with E-state index in [4.69, 9.17) is 9.84 Å². The van der Waals surface area contributed by atoms with Gasteiger partial charge in [-0.25, -0.2) is 0 Å². The van der Waals surface area contributed by atoms with Crippen LogP contribution in [0.1, 0.15) is 50.5 Å². The Morgan fingerprint density at radius 3 is 2.71 bits per heavy atom. The predicted octanol–water partition coefficient (Wildman–Crippen LogP) is 1.38. The molecule has 9 nitrogen and oxygen atoms in total. The second-order valence-corrected chi connectivity index (χ2v) is 8.84. The number of aliphatic hydroxyl groups excluding tert-OH is 1. The quantitative estimate of drug-likeness (QED) is 0.430. The summed E-state index contributed by atoms with van der Waals surface area (Å²) >= 11 is 0. The number of hydrogen-bond donors (Lipinski definition) is 3. The number of nitrogens with one attached hydrogen (secondary N) is 2. The molecule has 0 saturated carbocycles. The molecule has 31 heavy (non-hydrogen) atoms. The third-order valence-electron chi connectivity index (χ3n) is 5.26. The topological polar surface area (TPSA) is 123 Å². The second kappa shape index (κ2) is 9.47. The van der Waals surface area contributed by atoms with E-state index in [0.29, 0.717) is 37.7 Å². The first-order valence-electron chi connectivity index (χ1n) is 10.5. The van der Waals surface area contributed by atoms with E-state index in [0.717, 1.165) is 5.52 Å². The molecule has 2 amide bonds. The molecule has 9 heteroatoms. The standard InChI is InChI=1S/C22H30N4O5/c1-22(2,3)19(21(30)23-11-6-12-27)24-20(29)18-15-7-4-5-8-16(15)26(25-18)13-14-9-10-17(28)31-14/h4-5,7-8,14,19,27H,6,9-13H2,1-3H3,(H,23,30)(H,24,29). The monoisotopic (exact) mass is 430 g/mol. The van der Waals surface area contributed by atoms with Gasteiger partial charge in [0.1, 0.15) is 12.1 Å². The third-order valence-corrected chi connectivity index (χ3v) is 5.26. The van der Waals surface area contributed by atoms with Gasteiger partial charge in [0.2, 0.25) is 5.91 Å². The number of benzene rings is 1. The van der Waals surface area contributed by atoms with E-state index in [1.165, 1.54) is 0 Å². The highest BCUT2D eigenvalue weighted by molar-refractivity contribution is 6.06. The molecule has 1 aromatic heterocycles. The van der Waals surface area contributed by atoms with Gasteiger partial charge in [-0.05, 0) is 24.3 Å². The number of hydrogen-bond acceptors (Lipinski definition) is 6. The third kappa shape index (κ3) is 5.41. The number of carbonyl (C=O) groups is 3. The fourth-order valence-corrected chi connectivity index (χ4v) is 3.61. The molecule has 1 saturated heterocycles. The lowest BCUT2D eigenvalue weighted by molar-refractivity contribution is -0.141. The summed E-state index contributed by atoms with van der Waals surface area (Å²) in [6, 6.07) is 6.57. The van der Waals surface area contributed by atoms with Crippen molar-refractivity contribution in [3.05, 3.63) is 30.0 Å². The van der Waals surface area contributed by atoms with Gasteiger partial charge in [0.15, 0.2) is 5.69 Å². The van der Waals surface area contributed by atoms with E-state index in [9.17, 15) is 14.4 Å². The fraction of sp³-hybridized carbons (Fsp3) is 0.545. The lowest BCUT2D eigenvalue weighted by atomic mass is 9.86. The molecule has 3 rings (SSSR count). The maximum Gasteiger partial charge on any atom is 0.306 e. The van der Waals surface area contributed by atoms with Gasteiger partial charge >= 0.3 is 5.97 Å². The van der Waals surface area contributed by atoms with Crippen LogP contribution >= 0.6 is 0 Å². The molecule has 1 aromatic carbocycles. The maximum atomic E-state index is 13.2. The van der Waals surface area contributed by atoms with Crippen LogP contribution in [0.15, 0.2) is 24.3 Å². The zero-order valence-electron chi connectivity index (χ0n) is 18.2. The highest BCUT2D eigenvalue weighted by atomic mass is 16.5. The first-order chi connectivity index (χ1) is 14.7. The average molecular weight is 431 g/mol. The molecular weight excluding hydrogens is 400 g/mol. The number of nitrogens with zero attached hydrogens (tertiary/aromatic N) is 2. The van der Waals surface area contributed by atoms with Gasteiger partial charge in [-0.15, -0.1) is 0 Å².